The lowest BCUT2D eigenvalue weighted by Crippen LogP contribution is -2.51. The molecule has 1 aromatic rings. The summed E-state index contributed by atoms with van der Waals surface area (Å²) in [6.07, 6.45) is 3.24. The zero-order chi connectivity index (χ0) is 15.5. The topological polar surface area (TPSA) is 94.9 Å². The number of nitrogens with zero attached hydrogens (tertiary/aromatic N) is 3. The molecule has 2 atom stereocenters. The summed E-state index contributed by atoms with van der Waals surface area (Å²) in [6.45, 7) is 3.72. The molecule has 0 unspecified atom stereocenters. The molecule has 1 N–H and O–H groups in total. The molecular weight excluding hydrogens is 288 g/mol. The maximum atomic E-state index is 12.5. The minimum atomic E-state index is -3.60. The summed E-state index contributed by atoms with van der Waals surface area (Å²) < 4.78 is 27.6. The zero-order valence-electron chi connectivity index (χ0n) is 12.3. The molecule has 0 saturated heterocycles. The highest BCUT2D eigenvalue weighted by atomic mass is 32.2. The van der Waals surface area contributed by atoms with Gasteiger partial charge < -0.3 is 0 Å². The third-order valence-corrected chi connectivity index (χ3v) is 5.57. The van der Waals surface area contributed by atoms with E-state index in [0.29, 0.717) is 12.8 Å². The van der Waals surface area contributed by atoms with Crippen LogP contribution in [0.1, 0.15) is 38.2 Å². The molecule has 21 heavy (non-hydrogen) atoms. The van der Waals surface area contributed by atoms with E-state index in [0.717, 1.165) is 18.4 Å². The quantitative estimate of drug-likeness (QED) is 0.525. The van der Waals surface area contributed by atoms with E-state index >= 15 is 0 Å². The second-order valence-electron chi connectivity index (χ2n) is 5.78. The fourth-order valence-electron chi connectivity index (χ4n) is 2.70. The standard InChI is InChI=1S/C14H20N4O2S/c1-11-6-8-12(9-7-11)21(19,20)16-13-5-3-4-10-14(13,2)17-18-15/h6-9,13,16H,3-5,10H2,1-2H3/t13-,14+/m1/s1. The van der Waals surface area contributed by atoms with Crippen LogP contribution in [0.2, 0.25) is 0 Å². The number of nitrogens with one attached hydrogen (secondary N) is 1. The third kappa shape index (κ3) is 3.56. The molecule has 0 aromatic heterocycles. The van der Waals surface area contributed by atoms with Crippen molar-refractivity contribution >= 4 is 10.0 Å². The molecule has 0 spiro atoms. The minimum absolute atomic E-state index is 0.238. The highest BCUT2D eigenvalue weighted by Crippen LogP contribution is 2.32. The maximum absolute atomic E-state index is 12.5. The lowest BCUT2D eigenvalue weighted by Gasteiger charge is -2.37. The summed E-state index contributed by atoms with van der Waals surface area (Å²) in [5.41, 5.74) is 9.03. The number of hydrogen-bond acceptors (Lipinski definition) is 3. The Bertz CT molecular complexity index is 650. The van der Waals surface area contributed by atoms with E-state index < -0.39 is 15.6 Å². The van der Waals surface area contributed by atoms with Crippen LogP contribution in [0, 0.1) is 6.92 Å². The third-order valence-electron chi connectivity index (χ3n) is 4.08. The maximum Gasteiger partial charge on any atom is 0.240 e. The number of aryl methyl sites for hydroxylation is 1. The number of azide groups is 1. The van der Waals surface area contributed by atoms with E-state index in [1.165, 1.54) is 0 Å². The van der Waals surface area contributed by atoms with E-state index in [1.54, 1.807) is 24.3 Å². The van der Waals surface area contributed by atoms with Crippen molar-refractivity contribution in [2.45, 2.75) is 56.0 Å². The SMILES string of the molecule is Cc1ccc(S(=O)(=O)N[C@@H]2CCCC[C@]2(C)N=[N+]=[N-])cc1. The summed E-state index contributed by atoms with van der Waals surface area (Å²) in [4.78, 5) is 3.12. The van der Waals surface area contributed by atoms with E-state index in [4.69, 9.17) is 5.53 Å². The van der Waals surface area contributed by atoms with E-state index in [9.17, 15) is 8.42 Å². The van der Waals surface area contributed by atoms with Gasteiger partial charge in [0.05, 0.1) is 10.4 Å². The molecule has 1 fully saturated rings. The van der Waals surface area contributed by atoms with Crippen molar-refractivity contribution in [1.29, 1.82) is 0 Å². The molecule has 0 radical (unpaired) electrons. The Morgan fingerprint density at radius 1 is 1.33 bits per heavy atom. The first-order chi connectivity index (χ1) is 9.87. The van der Waals surface area contributed by atoms with Crippen molar-refractivity contribution in [3.63, 3.8) is 0 Å². The van der Waals surface area contributed by atoms with Crippen LogP contribution in [0.3, 0.4) is 0 Å². The second kappa shape index (κ2) is 6.05. The second-order valence-corrected chi connectivity index (χ2v) is 7.49. The lowest BCUT2D eigenvalue weighted by molar-refractivity contribution is 0.258. The molecule has 1 aliphatic carbocycles. The molecule has 7 heteroatoms. The van der Waals surface area contributed by atoms with Crippen molar-refractivity contribution < 1.29 is 8.42 Å². The predicted octanol–water partition coefficient (Wildman–Crippen LogP) is 3.28. The summed E-state index contributed by atoms with van der Waals surface area (Å²) in [6, 6.07) is 6.34. The fraction of sp³-hybridized carbons (Fsp3) is 0.571. The molecule has 114 valence electrons. The van der Waals surface area contributed by atoms with Crippen molar-refractivity contribution in [3.05, 3.63) is 40.3 Å². The van der Waals surface area contributed by atoms with Gasteiger partial charge in [0.25, 0.3) is 0 Å². The van der Waals surface area contributed by atoms with Gasteiger partial charge in [0, 0.05) is 11.0 Å². The van der Waals surface area contributed by atoms with Crippen molar-refractivity contribution in [1.82, 2.24) is 4.72 Å². The van der Waals surface area contributed by atoms with Crippen LogP contribution in [0.5, 0.6) is 0 Å². The normalized spacial score (nSPS) is 26.1. The van der Waals surface area contributed by atoms with Gasteiger partial charge in [-0.15, -0.1) is 0 Å². The monoisotopic (exact) mass is 308 g/mol. The van der Waals surface area contributed by atoms with Gasteiger partial charge >= 0.3 is 0 Å². The van der Waals surface area contributed by atoms with Crippen LogP contribution in [0.4, 0.5) is 0 Å². The van der Waals surface area contributed by atoms with Crippen LogP contribution in [-0.2, 0) is 10.0 Å². The number of sulfonamides is 1. The van der Waals surface area contributed by atoms with Crippen LogP contribution >= 0.6 is 0 Å². The van der Waals surface area contributed by atoms with Gasteiger partial charge in [-0.2, -0.15) is 0 Å². The molecule has 2 rings (SSSR count). The Morgan fingerprint density at radius 2 is 2.00 bits per heavy atom. The number of benzene rings is 1. The molecular formula is C14H20N4O2S. The van der Waals surface area contributed by atoms with Gasteiger partial charge in [0.15, 0.2) is 0 Å². The van der Waals surface area contributed by atoms with E-state index in [1.807, 2.05) is 13.8 Å². The highest BCUT2D eigenvalue weighted by molar-refractivity contribution is 7.89. The first-order valence-electron chi connectivity index (χ1n) is 7.03. The van der Waals surface area contributed by atoms with Crippen LogP contribution in [-0.4, -0.2) is 20.0 Å². The van der Waals surface area contributed by atoms with Gasteiger partial charge in [-0.05, 0) is 37.4 Å². The molecule has 1 saturated carbocycles. The summed E-state index contributed by atoms with van der Waals surface area (Å²) in [5.74, 6) is 0. The van der Waals surface area contributed by atoms with Gasteiger partial charge in [-0.25, -0.2) is 13.1 Å². The smallest absolute Gasteiger partial charge is 0.207 e. The van der Waals surface area contributed by atoms with Crippen molar-refractivity contribution in [2.75, 3.05) is 0 Å². The van der Waals surface area contributed by atoms with Crippen LogP contribution < -0.4 is 4.72 Å². The summed E-state index contributed by atoms with van der Waals surface area (Å²) >= 11 is 0. The molecule has 1 aliphatic rings. The van der Waals surface area contributed by atoms with Crippen molar-refractivity contribution in [2.24, 2.45) is 5.11 Å². The van der Waals surface area contributed by atoms with E-state index in [2.05, 4.69) is 14.7 Å². The largest absolute Gasteiger partial charge is 0.240 e. The van der Waals surface area contributed by atoms with Gasteiger partial charge in [-0.1, -0.05) is 42.6 Å². The first-order valence-corrected chi connectivity index (χ1v) is 8.51. The highest BCUT2D eigenvalue weighted by Gasteiger charge is 2.38. The Labute approximate surface area is 125 Å². The van der Waals surface area contributed by atoms with Crippen molar-refractivity contribution in [3.8, 4) is 0 Å². The molecule has 6 nitrogen and oxygen atoms in total. The minimum Gasteiger partial charge on any atom is -0.207 e. The number of rotatable bonds is 4. The Balaban J connectivity index is 2.26. The zero-order valence-corrected chi connectivity index (χ0v) is 13.1. The molecule has 1 aromatic carbocycles. The lowest BCUT2D eigenvalue weighted by atomic mass is 9.80. The first kappa shape index (κ1) is 15.8. The molecule has 0 amide bonds. The van der Waals surface area contributed by atoms with Gasteiger partial charge in [0.1, 0.15) is 0 Å². The van der Waals surface area contributed by atoms with Crippen LogP contribution in [0.15, 0.2) is 34.3 Å². The molecule has 0 aliphatic heterocycles. The fourth-order valence-corrected chi connectivity index (χ4v) is 4.07. The van der Waals surface area contributed by atoms with Crippen LogP contribution in [0.25, 0.3) is 10.4 Å². The Morgan fingerprint density at radius 3 is 2.62 bits per heavy atom. The Hall–Kier alpha value is -1.56. The average Bonchev–Trinajstić information content (AvgIpc) is 2.42. The Kier molecular flexibility index (Phi) is 4.56. The van der Waals surface area contributed by atoms with E-state index in [-0.39, 0.29) is 10.9 Å². The number of hydrogen-bond donors (Lipinski definition) is 1. The molecule has 0 heterocycles. The predicted molar refractivity (Wildman–Crippen MR) is 81.3 cm³/mol. The van der Waals surface area contributed by atoms with Gasteiger partial charge in [-0.3, -0.25) is 0 Å². The summed E-state index contributed by atoms with van der Waals surface area (Å²) in [5, 5.41) is 3.84. The average molecular weight is 308 g/mol. The van der Waals surface area contributed by atoms with Gasteiger partial charge in [0.2, 0.25) is 10.0 Å². The molecule has 0 bridgehead atoms. The summed E-state index contributed by atoms with van der Waals surface area (Å²) in [7, 11) is -3.60.